The topological polar surface area (TPSA) is 105 Å². The maximum Gasteiger partial charge on any atom is 0.324 e. The van der Waals surface area contributed by atoms with Gasteiger partial charge in [-0.3, -0.25) is 19.2 Å². The van der Waals surface area contributed by atoms with E-state index in [-0.39, 0.29) is 47.3 Å². The summed E-state index contributed by atoms with van der Waals surface area (Å²) < 4.78 is 26.0. The Hall–Kier alpha value is -3.32. The zero-order chi connectivity index (χ0) is 51.2. The molecule has 0 heterocycles. The lowest BCUT2D eigenvalue weighted by atomic mass is 9.79. The Morgan fingerprint density at radius 2 is 0.471 bits per heavy atom. The number of esters is 4. The van der Waals surface area contributed by atoms with E-state index in [0.717, 1.165) is 22.3 Å². The van der Waals surface area contributed by atoms with Crippen LogP contribution in [0.3, 0.4) is 0 Å². The average molecular weight is 1190 g/mol. The van der Waals surface area contributed by atoms with Crippen LogP contribution in [0.5, 0.6) is 23.0 Å². The first kappa shape index (κ1) is 55.6. The molecule has 4 unspecified atom stereocenters. The minimum absolute atomic E-state index is 0.207. The summed E-state index contributed by atoms with van der Waals surface area (Å²) in [4.78, 5) is 53.0. The molecular formula is C56H68Br4O8. The van der Waals surface area contributed by atoms with Crippen molar-refractivity contribution in [3.8, 4) is 23.0 Å². The molecule has 0 spiro atoms. The van der Waals surface area contributed by atoms with Crippen molar-refractivity contribution in [2.24, 2.45) is 0 Å². The van der Waals surface area contributed by atoms with Crippen molar-refractivity contribution >= 4 is 87.6 Å². The fraction of sp³-hybridized carbons (Fsp3) is 0.500. The number of benzene rings is 4. The van der Waals surface area contributed by atoms with Gasteiger partial charge in [0.1, 0.15) is 42.3 Å². The lowest BCUT2D eigenvalue weighted by Crippen LogP contribution is -2.23. The SMILES string of the molecule is CC(Br)C(=O)Oc1c2cc(C(C)(C)C)cc1Cc1cc(C(C)(C)C)cc(c1OC(=O)C(C)Br)Cc1cc(C(C)(C)C)cc(c1OC(=O)C(C)Br)Cc1cc(C(C)(C)C)cc(c1OC(=O)C(C)Br)C2. The summed E-state index contributed by atoms with van der Waals surface area (Å²) in [5.41, 5.74) is 8.20. The van der Waals surface area contributed by atoms with Crippen LogP contribution >= 0.6 is 63.7 Å². The highest BCUT2D eigenvalue weighted by molar-refractivity contribution is 9.10. The Labute approximate surface area is 438 Å². The Morgan fingerprint density at radius 1 is 0.338 bits per heavy atom. The first-order chi connectivity index (χ1) is 31.1. The lowest BCUT2D eigenvalue weighted by Gasteiger charge is -2.29. The summed E-state index contributed by atoms with van der Waals surface area (Å²) in [6.45, 7) is 32.6. The molecule has 1 aliphatic carbocycles. The molecule has 0 amide bonds. The average Bonchev–Trinajstić information content (AvgIpc) is 3.19. The van der Waals surface area contributed by atoms with Crippen molar-refractivity contribution < 1.29 is 38.1 Å². The van der Waals surface area contributed by atoms with Gasteiger partial charge in [0.25, 0.3) is 0 Å². The first-order valence-electron chi connectivity index (χ1n) is 23.2. The highest BCUT2D eigenvalue weighted by Crippen LogP contribution is 2.45. The van der Waals surface area contributed by atoms with E-state index in [4.69, 9.17) is 18.9 Å². The number of fused-ring (bicyclic) bond motifs is 8. The summed E-state index contributed by atoms with van der Waals surface area (Å²) in [5.74, 6) is -0.413. The fourth-order valence-electron chi connectivity index (χ4n) is 7.87. The van der Waals surface area contributed by atoms with Crippen LogP contribution < -0.4 is 18.9 Å². The molecule has 8 nitrogen and oxygen atoms in total. The third-order valence-corrected chi connectivity index (χ3v) is 13.6. The standard InChI is InChI=1S/C56H68Br4O8/c1-29(57)49(61)65-45-33-17-35-23-42(54(8,9)10)25-37(46(35)66-50(62)30(2)58)19-39-27-44(56(14,15)16)28-40(48(39)68-52(64)32(4)60)20-38-26-43(55(11,12)13)24-36(47(38)67-51(63)31(3)59)18-34(45)22-41(21-33)53(5,6)7/h21-32H,17-20H2,1-16H3. The van der Waals surface area contributed by atoms with Crippen LogP contribution in [0.1, 0.15) is 178 Å². The zero-order valence-electron chi connectivity index (χ0n) is 42.5. The molecule has 0 radical (unpaired) electrons. The van der Waals surface area contributed by atoms with E-state index in [2.05, 4.69) is 195 Å². The van der Waals surface area contributed by atoms with Crippen molar-refractivity contribution in [1.29, 1.82) is 0 Å². The van der Waals surface area contributed by atoms with Crippen molar-refractivity contribution in [1.82, 2.24) is 0 Å². The number of alkyl halides is 4. The van der Waals surface area contributed by atoms with Crippen LogP contribution in [0.15, 0.2) is 48.5 Å². The van der Waals surface area contributed by atoms with Crippen LogP contribution in [-0.2, 0) is 66.5 Å². The molecule has 4 aromatic carbocycles. The molecule has 4 atom stereocenters. The van der Waals surface area contributed by atoms with Gasteiger partial charge in [0.05, 0.1) is 0 Å². The third kappa shape index (κ3) is 13.5. The fourth-order valence-corrected chi connectivity index (χ4v) is 8.25. The highest BCUT2D eigenvalue weighted by Gasteiger charge is 2.32. The molecule has 0 aromatic heterocycles. The minimum Gasteiger partial charge on any atom is -0.425 e. The molecule has 12 heteroatoms. The second-order valence-electron chi connectivity index (χ2n) is 22.3. The second-order valence-corrected chi connectivity index (χ2v) is 27.8. The number of carbonyl (C=O) groups is 4. The Bertz CT molecular complexity index is 2140. The quantitative estimate of drug-likeness (QED) is 0.0859. The largest absolute Gasteiger partial charge is 0.425 e. The Kier molecular flexibility index (Phi) is 17.3. The van der Waals surface area contributed by atoms with Gasteiger partial charge in [-0.2, -0.15) is 0 Å². The van der Waals surface area contributed by atoms with Crippen LogP contribution in [0.25, 0.3) is 0 Å². The van der Waals surface area contributed by atoms with Crippen LogP contribution in [0.4, 0.5) is 0 Å². The number of carbonyl (C=O) groups excluding carboxylic acids is 4. The predicted molar refractivity (Wildman–Crippen MR) is 288 cm³/mol. The van der Waals surface area contributed by atoms with Crippen molar-refractivity contribution in [2.75, 3.05) is 0 Å². The maximum absolute atomic E-state index is 13.9. The molecule has 0 aliphatic heterocycles. The molecule has 5 rings (SSSR count). The van der Waals surface area contributed by atoms with Crippen LogP contribution in [0, 0.1) is 0 Å². The smallest absolute Gasteiger partial charge is 0.324 e. The normalized spacial score (nSPS) is 15.1. The molecule has 4 aromatic rings. The zero-order valence-corrected chi connectivity index (χ0v) is 48.9. The molecule has 368 valence electrons. The van der Waals surface area contributed by atoms with Gasteiger partial charge in [0.15, 0.2) is 0 Å². The van der Waals surface area contributed by atoms with E-state index in [1.165, 1.54) is 0 Å². The van der Waals surface area contributed by atoms with Crippen molar-refractivity contribution in [3.05, 3.63) is 115 Å². The lowest BCUT2D eigenvalue weighted by molar-refractivity contribution is -0.134. The predicted octanol–water partition coefficient (Wildman–Crippen LogP) is 14.3. The molecule has 68 heavy (non-hydrogen) atoms. The summed E-state index contributed by atoms with van der Waals surface area (Å²) in [6, 6.07) is 16.7. The Balaban J connectivity index is 2.12. The second kappa shape index (κ2) is 21.2. The molecule has 0 fully saturated rings. The monoisotopic (exact) mass is 1180 g/mol. The van der Waals surface area contributed by atoms with Crippen molar-refractivity contribution in [2.45, 2.75) is 177 Å². The van der Waals surface area contributed by atoms with Gasteiger partial charge < -0.3 is 18.9 Å². The third-order valence-electron chi connectivity index (χ3n) is 12.1. The molecule has 0 saturated carbocycles. The number of hydrogen-bond donors (Lipinski definition) is 0. The van der Waals surface area contributed by atoms with Crippen LogP contribution in [-0.4, -0.2) is 43.2 Å². The van der Waals surface area contributed by atoms with Gasteiger partial charge in [-0.25, -0.2) is 0 Å². The number of rotatable bonds is 8. The number of hydrogen-bond acceptors (Lipinski definition) is 8. The first-order valence-corrected chi connectivity index (χ1v) is 26.9. The minimum atomic E-state index is -0.633. The summed E-state index contributed by atoms with van der Waals surface area (Å²) in [7, 11) is 0. The number of ether oxygens (including phenoxy) is 4. The van der Waals surface area contributed by atoms with Gasteiger partial charge in [0, 0.05) is 70.2 Å². The van der Waals surface area contributed by atoms with E-state index in [0.29, 0.717) is 67.5 Å². The van der Waals surface area contributed by atoms with Gasteiger partial charge in [-0.15, -0.1) is 0 Å². The summed E-state index contributed by atoms with van der Waals surface area (Å²) >= 11 is 13.9. The van der Waals surface area contributed by atoms with Gasteiger partial charge in [0.2, 0.25) is 0 Å². The molecule has 1 aliphatic rings. The van der Waals surface area contributed by atoms with E-state index in [9.17, 15) is 19.2 Å². The van der Waals surface area contributed by atoms with E-state index >= 15 is 0 Å². The molecule has 0 N–H and O–H groups in total. The van der Waals surface area contributed by atoms with E-state index < -0.39 is 43.2 Å². The number of halogens is 4. The van der Waals surface area contributed by atoms with E-state index in [1.807, 2.05) is 0 Å². The maximum atomic E-state index is 13.9. The highest BCUT2D eigenvalue weighted by atomic mass is 79.9. The molecular weight excluding hydrogens is 1120 g/mol. The Morgan fingerprint density at radius 3 is 0.574 bits per heavy atom. The van der Waals surface area contributed by atoms with Gasteiger partial charge in [-0.1, -0.05) is 195 Å². The molecule has 0 saturated heterocycles. The summed E-state index contributed by atoms with van der Waals surface area (Å²) in [6.07, 6.45) is 0.829. The van der Waals surface area contributed by atoms with E-state index in [1.54, 1.807) is 27.7 Å². The van der Waals surface area contributed by atoms with Gasteiger partial charge in [-0.05, 0) is 71.6 Å². The van der Waals surface area contributed by atoms with Crippen molar-refractivity contribution in [3.63, 3.8) is 0 Å². The van der Waals surface area contributed by atoms with Gasteiger partial charge >= 0.3 is 23.9 Å². The molecule has 8 bridgehead atoms. The van der Waals surface area contributed by atoms with Crippen LogP contribution in [0.2, 0.25) is 0 Å². The summed E-state index contributed by atoms with van der Waals surface area (Å²) in [5, 5.41) is 0.